The van der Waals surface area contributed by atoms with Crippen LogP contribution in [0, 0.1) is 6.92 Å². The number of anilines is 1. The smallest absolute Gasteiger partial charge is 0.336 e. The highest BCUT2D eigenvalue weighted by Gasteiger charge is 2.24. The highest BCUT2D eigenvalue weighted by atomic mass is 35.5. The zero-order valence-corrected chi connectivity index (χ0v) is 19.6. The first-order valence-electron chi connectivity index (χ1n) is 10.9. The van der Waals surface area contributed by atoms with E-state index in [0.29, 0.717) is 62.7 Å². The van der Waals surface area contributed by atoms with E-state index in [1.165, 1.54) is 12.3 Å². The number of furan rings is 1. The molecule has 1 saturated heterocycles. The van der Waals surface area contributed by atoms with Crippen molar-refractivity contribution >= 4 is 40.9 Å². The van der Waals surface area contributed by atoms with Crippen molar-refractivity contribution in [3.8, 4) is 0 Å². The lowest BCUT2D eigenvalue weighted by atomic mass is 10.1. The molecule has 1 aromatic carbocycles. The molecular formula is C24H28ClN3O5. The Bertz CT molecular complexity index is 1170. The molecule has 3 heterocycles. The molecule has 0 saturated carbocycles. The molecule has 33 heavy (non-hydrogen) atoms. The molecule has 1 fully saturated rings. The second-order valence-corrected chi connectivity index (χ2v) is 7.93. The number of aryl methyl sites for hydroxylation is 1. The molecule has 1 aliphatic rings. The summed E-state index contributed by atoms with van der Waals surface area (Å²) in [5.41, 5.74) is 1.65. The van der Waals surface area contributed by atoms with Crippen LogP contribution < -0.4 is 10.5 Å². The van der Waals surface area contributed by atoms with Crippen LogP contribution in [0.3, 0.4) is 0 Å². The molecule has 0 atom stereocenters. The van der Waals surface area contributed by atoms with Gasteiger partial charge in [-0.25, -0.2) is 4.79 Å². The Labute approximate surface area is 198 Å². The van der Waals surface area contributed by atoms with E-state index < -0.39 is 5.63 Å². The van der Waals surface area contributed by atoms with Gasteiger partial charge in [0.25, 0.3) is 5.91 Å². The van der Waals surface area contributed by atoms with Crippen LogP contribution in [0.5, 0.6) is 0 Å². The summed E-state index contributed by atoms with van der Waals surface area (Å²) in [6.45, 7) is 7.57. The summed E-state index contributed by atoms with van der Waals surface area (Å²) in [5.74, 6) is 0.269. The molecule has 8 nitrogen and oxygen atoms in total. The fourth-order valence-corrected chi connectivity index (χ4v) is 4.10. The number of benzene rings is 1. The summed E-state index contributed by atoms with van der Waals surface area (Å²) in [7, 11) is 0. The molecule has 0 radical (unpaired) electrons. The monoisotopic (exact) mass is 473 g/mol. The number of nitrogens with zero attached hydrogens (tertiary/aromatic N) is 3. The third-order valence-corrected chi connectivity index (χ3v) is 5.90. The zero-order chi connectivity index (χ0) is 22.7. The molecule has 0 N–H and O–H groups in total. The number of carbonyl (C=O) groups excluding carboxylic acids is 2. The average molecular weight is 474 g/mol. The first-order valence-corrected chi connectivity index (χ1v) is 10.9. The second kappa shape index (κ2) is 10.7. The molecule has 176 valence electrons. The van der Waals surface area contributed by atoms with E-state index in [2.05, 4.69) is 4.90 Å². The summed E-state index contributed by atoms with van der Waals surface area (Å²) < 4.78 is 10.5. The van der Waals surface area contributed by atoms with Crippen LogP contribution in [0.1, 0.15) is 29.5 Å². The van der Waals surface area contributed by atoms with Gasteiger partial charge in [-0.1, -0.05) is 0 Å². The normalized spacial score (nSPS) is 14.2. The summed E-state index contributed by atoms with van der Waals surface area (Å²) in [6, 6.07) is 10.4. The van der Waals surface area contributed by atoms with E-state index in [-0.39, 0.29) is 24.2 Å². The Morgan fingerprint density at radius 1 is 1.09 bits per heavy atom. The van der Waals surface area contributed by atoms with Crippen molar-refractivity contribution in [2.75, 3.05) is 44.2 Å². The van der Waals surface area contributed by atoms with Gasteiger partial charge in [0, 0.05) is 68.9 Å². The lowest BCUT2D eigenvalue weighted by Gasteiger charge is -2.34. The number of amides is 2. The Morgan fingerprint density at radius 3 is 2.52 bits per heavy atom. The van der Waals surface area contributed by atoms with Crippen molar-refractivity contribution in [3.05, 3.63) is 64.4 Å². The number of hydrogen-bond donors (Lipinski definition) is 0. The molecule has 0 bridgehead atoms. The van der Waals surface area contributed by atoms with Crippen LogP contribution >= 0.6 is 12.4 Å². The van der Waals surface area contributed by atoms with Gasteiger partial charge in [-0.2, -0.15) is 0 Å². The van der Waals surface area contributed by atoms with E-state index in [4.69, 9.17) is 8.83 Å². The highest BCUT2D eigenvalue weighted by Crippen LogP contribution is 2.24. The van der Waals surface area contributed by atoms with Gasteiger partial charge in [0.1, 0.15) is 5.58 Å². The number of hydrogen-bond acceptors (Lipinski definition) is 6. The van der Waals surface area contributed by atoms with Crippen molar-refractivity contribution in [2.45, 2.75) is 20.3 Å². The predicted molar refractivity (Wildman–Crippen MR) is 128 cm³/mol. The predicted octanol–water partition coefficient (Wildman–Crippen LogP) is 3.32. The molecule has 1 aliphatic heterocycles. The largest absolute Gasteiger partial charge is 0.459 e. The molecule has 2 amide bonds. The maximum absolute atomic E-state index is 12.9. The van der Waals surface area contributed by atoms with Gasteiger partial charge in [-0.05, 0) is 43.7 Å². The summed E-state index contributed by atoms with van der Waals surface area (Å²) in [4.78, 5) is 42.7. The van der Waals surface area contributed by atoms with Gasteiger partial charge in [-0.3, -0.25) is 14.5 Å². The van der Waals surface area contributed by atoms with E-state index in [9.17, 15) is 14.4 Å². The van der Waals surface area contributed by atoms with E-state index in [1.807, 2.05) is 26.0 Å². The van der Waals surface area contributed by atoms with Crippen molar-refractivity contribution in [3.63, 3.8) is 0 Å². The van der Waals surface area contributed by atoms with Crippen LogP contribution in [0.25, 0.3) is 11.0 Å². The molecule has 3 aromatic rings. The maximum Gasteiger partial charge on any atom is 0.336 e. The fourth-order valence-electron chi connectivity index (χ4n) is 4.10. The molecule has 2 aromatic heterocycles. The maximum atomic E-state index is 12.9. The van der Waals surface area contributed by atoms with Gasteiger partial charge in [0.15, 0.2) is 5.76 Å². The Morgan fingerprint density at radius 2 is 1.85 bits per heavy atom. The van der Waals surface area contributed by atoms with E-state index in [1.54, 1.807) is 28.0 Å². The minimum atomic E-state index is -0.397. The first-order chi connectivity index (χ1) is 15.5. The number of carbonyl (C=O) groups is 2. The minimum absolute atomic E-state index is 0. The minimum Gasteiger partial charge on any atom is -0.459 e. The lowest BCUT2D eigenvalue weighted by Crippen LogP contribution is -2.49. The molecule has 0 unspecified atom stereocenters. The van der Waals surface area contributed by atoms with Crippen molar-refractivity contribution in [1.82, 2.24) is 9.80 Å². The van der Waals surface area contributed by atoms with Crippen molar-refractivity contribution in [1.29, 1.82) is 0 Å². The third-order valence-electron chi connectivity index (χ3n) is 5.90. The molecule has 9 heteroatoms. The van der Waals surface area contributed by atoms with Gasteiger partial charge < -0.3 is 18.6 Å². The SMILES string of the molecule is CCN(C(=O)CCN1CCN(C(=O)c2ccco2)CC1)c1ccc2c(C)cc(=O)oc2c1.Cl. The van der Waals surface area contributed by atoms with Gasteiger partial charge in [-0.15, -0.1) is 12.4 Å². The Kier molecular flexibility index (Phi) is 7.94. The molecule has 4 rings (SSSR count). The van der Waals surface area contributed by atoms with Crippen LogP contribution in [-0.4, -0.2) is 60.9 Å². The average Bonchev–Trinajstić information content (AvgIpc) is 3.33. The number of halogens is 1. The lowest BCUT2D eigenvalue weighted by molar-refractivity contribution is -0.119. The van der Waals surface area contributed by atoms with Gasteiger partial charge >= 0.3 is 5.63 Å². The Hall–Kier alpha value is -3.10. The third kappa shape index (κ3) is 5.46. The quantitative estimate of drug-likeness (QED) is 0.510. The van der Waals surface area contributed by atoms with Gasteiger partial charge in [0.2, 0.25) is 5.91 Å². The van der Waals surface area contributed by atoms with Crippen molar-refractivity contribution in [2.24, 2.45) is 0 Å². The fraction of sp³-hybridized carbons (Fsp3) is 0.375. The molecule has 0 aliphatic carbocycles. The van der Waals surface area contributed by atoms with Crippen molar-refractivity contribution < 1.29 is 18.4 Å². The van der Waals surface area contributed by atoms with E-state index in [0.717, 1.165) is 10.9 Å². The number of piperazine rings is 1. The Balaban J connectivity index is 0.00000306. The summed E-state index contributed by atoms with van der Waals surface area (Å²) in [6.07, 6.45) is 1.87. The van der Waals surface area contributed by atoms with E-state index >= 15 is 0 Å². The second-order valence-electron chi connectivity index (χ2n) is 7.93. The molecule has 0 spiro atoms. The number of fused-ring (bicyclic) bond motifs is 1. The highest BCUT2D eigenvalue weighted by molar-refractivity contribution is 5.96. The number of rotatable bonds is 6. The topological polar surface area (TPSA) is 87.2 Å². The zero-order valence-electron chi connectivity index (χ0n) is 18.8. The van der Waals surface area contributed by atoms with Crippen LogP contribution in [-0.2, 0) is 4.79 Å². The van der Waals surface area contributed by atoms with Gasteiger partial charge in [0.05, 0.1) is 6.26 Å². The van der Waals surface area contributed by atoms with Crippen LogP contribution in [0.2, 0.25) is 0 Å². The standard InChI is InChI=1S/C24H27N3O5.ClH/c1-3-27(18-6-7-19-17(2)15-23(29)32-21(19)16-18)22(28)8-9-25-10-12-26(13-11-25)24(30)20-5-4-14-31-20;/h4-7,14-16H,3,8-13H2,1-2H3;1H. The first kappa shape index (κ1) is 24.5. The van der Waals surface area contributed by atoms with Crippen LogP contribution in [0.4, 0.5) is 5.69 Å². The summed E-state index contributed by atoms with van der Waals surface area (Å²) >= 11 is 0. The summed E-state index contributed by atoms with van der Waals surface area (Å²) in [5, 5.41) is 0.860. The van der Waals surface area contributed by atoms with Crippen LogP contribution in [0.15, 0.2) is 56.3 Å². The molecular weight excluding hydrogens is 446 g/mol.